The molecule has 0 aliphatic rings. The highest BCUT2D eigenvalue weighted by atomic mass is 19.5. The smallest absolute Gasteiger partial charge is 0.423 e. The molecule has 1 amide bonds. The van der Waals surface area contributed by atoms with Gasteiger partial charge in [0.2, 0.25) is 5.91 Å². The Morgan fingerprint density at radius 2 is 0.481 bits per heavy atom. The summed E-state index contributed by atoms with van der Waals surface area (Å²) in [4.78, 5) is 12.2. The molecule has 0 aliphatic carbocycles. The predicted octanol–water partition coefficient (Wildman–Crippen LogP) is 16.3. The fourth-order valence-corrected chi connectivity index (χ4v) is 6.20. The lowest BCUT2D eigenvalue weighted by atomic mass is 9.73. The highest BCUT2D eigenvalue weighted by molar-refractivity contribution is 6.59. The average molecular weight is 1760 g/mol. The molecule has 0 heterocycles. The van der Waals surface area contributed by atoms with E-state index in [1.54, 1.807) is 0 Å². The number of benzene rings is 1. The Morgan fingerprint density at radius 3 is 0.657 bits per heavy atom. The van der Waals surface area contributed by atoms with Gasteiger partial charge in [-0.05, 0) is 11.5 Å². The Hall–Kier alpha value is -5.75. The molecule has 0 saturated heterocycles. The number of carbonyl (C=O) groups excluding carboxylic acids is 1. The van der Waals surface area contributed by atoms with E-state index in [0.717, 1.165) is 18.9 Å². The second-order valence-electron chi connectivity index (χ2n) is 19.0. The lowest BCUT2D eigenvalue weighted by Crippen LogP contribution is -2.72. The number of amides is 1. The van der Waals surface area contributed by atoms with Gasteiger partial charge in [0.05, 0.1) is 12.2 Å². The molecule has 13 nitrogen and oxygen atoms in total. The summed E-state index contributed by atoms with van der Waals surface area (Å²) in [5.41, 5.74) is -13.6. The molecule has 0 spiro atoms. The molecule has 638 valence electrons. The molecule has 72 heteroatoms. The van der Waals surface area contributed by atoms with Crippen molar-refractivity contribution in [3.63, 3.8) is 0 Å². The number of halogens is 58. The maximum absolute atomic E-state index is 16.6. The molecule has 0 fully saturated rings. The Kier molecular flexibility index (Phi) is 25.6. The summed E-state index contributed by atoms with van der Waals surface area (Å²) < 4.78 is 827. The summed E-state index contributed by atoms with van der Waals surface area (Å²) in [5, 5.41) is 19.0. The van der Waals surface area contributed by atoms with Gasteiger partial charge in [0, 0.05) is 11.1 Å². The number of ether oxygens (including phenoxy) is 8. The lowest BCUT2D eigenvalue weighted by molar-refractivity contribution is -0.593. The lowest BCUT2D eigenvalue weighted by Gasteiger charge is -2.44. The molecule has 5 N–H and O–H groups in total. The van der Waals surface area contributed by atoms with E-state index >= 15 is 52.7 Å². The van der Waals surface area contributed by atoms with E-state index in [4.69, 9.17) is 0 Å². The normalized spacial score (nSPS) is 19.9. The van der Waals surface area contributed by atoms with Crippen molar-refractivity contribution in [1.29, 1.82) is 0 Å². The van der Waals surface area contributed by atoms with E-state index in [0.29, 0.717) is 9.47 Å². The van der Waals surface area contributed by atoms with Gasteiger partial charge in [-0.25, -0.2) is 0 Å². The molecule has 0 bridgehead atoms. The molecule has 1 aromatic rings. The number of carbonyl (C=O) groups is 1. The molecule has 1 rings (SSSR count). The number of anilines is 1. The van der Waals surface area contributed by atoms with Crippen LogP contribution in [0.15, 0.2) is 12.1 Å². The number of nitrogens with two attached hydrogens (primary N) is 1. The van der Waals surface area contributed by atoms with E-state index in [1.807, 2.05) is 0 Å². The molecule has 0 aromatic heterocycles. The van der Waals surface area contributed by atoms with Crippen molar-refractivity contribution < 1.29 is 307 Å². The third-order valence-corrected chi connectivity index (χ3v) is 11.4. The van der Waals surface area contributed by atoms with Crippen LogP contribution >= 0.6 is 0 Å². The molecule has 0 radical (unpaired) electrons. The molecule has 108 heavy (non-hydrogen) atoms. The fraction of sp³-hybridized carbons (Fsp3) is 0.806. The first kappa shape index (κ1) is 100. The third-order valence-electron chi connectivity index (χ3n) is 11.4. The van der Waals surface area contributed by atoms with Crippen LogP contribution in [0.5, 0.6) is 0 Å². The molecule has 0 aliphatic heterocycles. The number of hydrogen-bond donors (Lipinski definition) is 4. The van der Waals surface area contributed by atoms with Crippen molar-refractivity contribution in [1.82, 2.24) is 0 Å². The topological polar surface area (TPSA) is 169 Å². The minimum absolute atomic E-state index is 0.214. The van der Waals surface area contributed by atoms with Crippen LogP contribution in [-0.4, -0.2) is 187 Å². The minimum Gasteiger partial charge on any atom is -0.423 e. The van der Waals surface area contributed by atoms with Crippen molar-refractivity contribution in [3.05, 3.63) is 23.3 Å². The zero-order chi connectivity index (χ0) is 87.9. The number of nitrogens with one attached hydrogen (secondary N) is 1. The molecule has 8 atom stereocenters. The summed E-state index contributed by atoms with van der Waals surface area (Å²) in [6.07, 6.45) is -167. The summed E-state index contributed by atoms with van der Waals surface area (Å²) in [5.74, 6) is -96.7. The third kappa shape index (κ3) is 16.8. The standard InChI is InChI=1S/C36H9BF58N2O11/c38-9(19(50,51)52,101-31(84,85)13(44,23(62,63)64)105-35(92,93)17(48,27(74,75)76)107-33(88,89)15(46,25(68,69)70)103-29(80,81)11(40,41)21(56,57)58)4-1-5(37(99)100)8(6(2-4)97-7(98)3-96)10(39,20(53,54)55)102-32(86,87)14(45,24(65,66)67)106-36(94,95)18(49,28(77,78)79)108-34(90,91)16(47,26(71,72)73)104-30(82,83)12(42,43)22(59,60)61/h1-2,99-100H,3,96H2,(H,97,98). The van der Waals surface area contributed by atoms with E-state index in [1.165, 1.54) is 9.47 Å². The highest BCUT2D eigenvalue weighted by Gasteiger charge is 2.93. The Balaban J connectivity index is 4.88. The largest absolute Gasteiger partial charge is 0.489 e. The van der Waals surface area contributed by atoms with Gasteiger partial charge < -0.3 is 21.1 Å². The van der Waals surface area contributed by atoms with Crippen LogP contribution in [0.1, 0.15) is 11.1 Å². The SMILES string of the molecule is NCC(=O)Nc1cc(C(F)(OC(F)(F)C(F)(OC(F)(F)C(F)(OC(F)(F)C(F)(OC(F)(F)C(F)(F)C(F)(F)F)C(F)(F)F)C(F)(F)F)C(F)(F)F)C(F)(F)F)cc(B(O)O)c1C(F)(OC(F)(F)C(F)(OC(F)(F)C(F)(OC(F)(F)C(F)(OC(F)(F)C(F)(F)C(F)(F)F)C(F)(F)F)C(F)(F)F)C(F)(F)F)C(F)(F)F. The summed E-state index contributed by atoms with van der Waals surface area (Å²) in [6.45, 7) is -2.60. The predicted molar refractivity (Wildman–Crippen MR) is 201 cm³/mol. The van der Waals surface area contributed by atoms with Crippen LogP contribution in [-0.2, 0) is 54.4 Å². The first-order valence-corrected chi connectivity index (χ1v) is 23.2. The Labute approximate surface area is 542 Å². The van der Waals surface area contributed by atoms with E-state index < -0.39 is 223 Å². The van der Waals surface area contributed by atoms with E-state index in [-0.39, 0.29) is 5.32 Å². The zero-order valence-electron chi connectivity index (χ0n) is 46.5. The minimum atomic E-state index is -9.96. The van der Waals surface area contributed by atoms with Gasteiger partial charge >= 0.3 is 176 Å². The first-order valence-electron chi connectivity index (χ1n) is 23.2. The van der Waals surface area contributed by atoms with Crippen LogP contribution in [0.25, 0.3) is 0 Å². The monoisotopic (exact) mass is 1760 g/mol. The number of alkyl halides is 58. The van der Waals surface area contributed by atoms with Gasteiger partial charge in [0.25, 0.3) is 0 Å². The van der Waals surface area contributed by atoms with Crippen LogP contribution in [0, 0.1) is 0 Å². The molecule has 0 saturated carbocycles. The molecule has 1 aromatic carbocycles. The van der Waals surface area contributed by atoms with Gasteiger partial charge in [-0.3, -0.25) is 42.7 Å². The summed E-state index contributed by atoms with van der Waals surface area (Å²) in [7, 11) is -5.52. The van der Waals surface area contributed by atoms with Crippen molar-refractivity contribution in [2.45, 2.75) is 169 Å². The fourth-order valence-electron chi connectivity index (χ4n) is 6.20. The quantitative estimate of drug-likeness (QED) is 0.0443. The van der Waals surface area contributed by atoms with Gasteiger partial charge in [-0.2, -0.15) is 255 Å². The zero-order valence-corrected chi connectivity index (χ0v) is 46.5. The van der Waals surface area contributed by atoms with E-state index in [9.17, 15) is 217 Å². The van der Waals surface area contributed by atoms with Crippen LogP contribution in [0.3, 0.4) is 0 Å². The maximum atomic E-state index is 16.6. The van der Waals surface area contributed by atoms with E-state index in [2.05, 4.69) is 5.73 Å². The van der Waals surface area contributed by atoms with Crippen molar-refractivity contribution in [2.24, 2.45) is 5.73 Å². The van der Waals surface area contributed by atoms with Crippen LogP contribution in [0.4, 0.5) is 260 Å². The Bertz CT molecular complexity index is 3330. The van der Waals surface area contributed by atoms with Crippen LogP contribution < -0.4 is 16.5 Å². The molecule has 8 unspecified atom stereocenters. The van der Waals surface area contributed by atoms with Crippen molar-refractivity contribution >= 4 is 24.2 Å². The Morgan fingerprint density at radius 1 is 0.287 bits per heavy atom. The van der Waals surface area contributed by atoms with Gasteiger partial charge in [0.15, 0.2) is 0 Å². The second-order valence-corrected chi connectivity index (χ2v) is 19.0. The van der Waals surface area contributed by atoms with Crippen molar-refractivity contribution in [2.75, 3.05) is 11.9 Å². The van der Waals surface area contributed by atoms with Gasteiger partial charge in [-0.1, -0.05) is 6.07 Å². The highest BCUT2D eigenvalue weighted by Crippen LogP contribution is 2.66. The average Bonchev–Trinajstić information content (AvgIpc) is 0.711. The molecular weight excluding hydrogens is 1750 g/mol. The van der Waals surface area contributed by atoms with Gasteiger partial charge in [-0.15, -0.1) is 0 Å². The van der Waals surface area contributed by atoms with Gasteiger partial charge in [0.1, 0.15) is 0 Å². The second kappa shape index (κ2) is 27.5. The number of rotatable bonds is 29. The molecular formula is C36H9BF58N2O11. The number of hydrogen-bond acceptors (Lipinski definition) is 12. The summed E-state index contributed by atoms with van der Waals surface area (Å²) >= 11 is 0. The first-order chi connectivity index (χ1) is 46.0. The summed E-state index contributed by atoms with van der Waals surface area (Å²) in [6, 6.07) is -5.20. The maximum Gasteiger partial charge on any atom is 0.489 e. The van der Waals surface area contributed by atoms with Crippen molar-refractivity contribution in [3.8, 4) is 0 Å². The van der Waals surface area contributed by atoms with Crippen LogP contribution in [0.2, 0.25) is 0 Å².